The summed E-state index contributed by atoms with van der Waals surface area (Å²) in [7, 11) is -2.63. The number of benzene rings is 1. The van der Waals surface area contributed by atoms with Crippen molar-refractivity contribution in [2.75, 3.05) is 26.7 Å². The van der Waals surface area contributed by atoms with Gasteiger partial charge in [-0.3, -0.25) is 4.79 Å². The van der Waals surface area contributed by atoms with E-state index in [-0.39, 0.29) is 41.3 Å². The Hall–Kier alpha value is -1.93. The second-order valence-electron chi connectivity index (χ2n) is 5.42. The van der Waals surface area contributed by atoms with Crippen molar-refractivity contribution in [1.82, 2.24) is 9.62 Å². The molecule has 2 aliphatic rings. The lowest BCUT2D eigenvalue weighted by Gasteiger charge is -2.18. The maximum atomic E-state index is 12.8. The minimum absolute atomic E-state index is 0.00603. The van der Waals surface area contributed by atoms with Crippen LogP contribution in [0.15, 0.2) is 29.2 Å². The fraction of sp³-hybridized carbons (Fsp3) is 0.429. The Morgan fingerprint density at radius 3 is 2.73 bits per heavy atom. The largest absolute Gasteiger partial charge is 0.465 e. The van der Waals surface area contributed by atoms with Crippen LogP contribution in [0.25, 0.3) is 0 Å². The number of hydrogen-bond acceptors (Lipinski definition) is 5. The van der Waals surface area contributed by atoms with E-state index < -0.39 is 16.0 Å². The molecule has 22 heavy (non-hydrogen) atoms. The second kappa shape index (κ2) is 5.36. The van der Waals surface area contributed by atoms with Gasteiger partial charge in [-0.1, -0.05) is 12.1 Å². The van der Waals surface area contributed by atoms with Crippen LogP contribution in [0.2, 0.25) is 0 Å². The highest BCUT2D eigenvalue weighted by Gasteiger charge is 2.46. The molecule has 2 atom stereocenters. The van der Waals surface area contributed by atoms with Crippen LogP contribution in [0, 0.1) is 11.8 Å². The number of carbonyl (C=O) groups is 2. The van der Waals surface area contributed by atoms with Gasteiger partial charge in [0.25, 0.3) is 0 Å². The van der Waals surface area contributed by atoms with E-state index in [1.165, 1.54) is 23.5 Å². The van der Waals surface area contributed by atoms with Gasteiger partial charge in [-0.05, 0) is 12.1 Å². The highest BCUT2D eigenvalue weighted by atomic mass is 32.2. The summed E-state index contributed by atoms with van der Waals surface area (Å²) in [5.41, 5.74) is 0.00603. The lowest BCUT2D eigenvalue weighted by Crippen LogP contribution is -2.34. The molecule has 0 spiro atoms. The molecule has 8 heteroatoms. The van der Waals surface area contributed by atoms with Gasteiger partial charge in [0.1, 0.15) is 0 Å². The van der Waals surface area contributed by atoms with Gasteiger partial charge in [0.2, 0.25) is 15.9 Å². The van der Waals surface area contributed by atoms with E-state index in [2.05, 4.69) is 10.1 Å². The number of ether oxygens (including phenoxy) is 1. The average Bonchev–Trinajstić information content (AvgIpc) is 3.09. The molecule has 1 amide bonds. The molecule has 0 aliphatic carbocycles. The summed E-state index contributed by atoms with van der Waals surface area (Å²) in [6, 6.07) is 5.94. The highest BCUT2D eigenvalue weighted by Crippen LogP contribution is 2.32. The van der Waals surface area contributed by atoms with Crippen LogP contribution >= 0.6 is 0 Å². The van der Waals surface area contributed by atoms with Gasteiger partial charge in [-0.25, -0.2) is 13.2 Å². The van der Waals surface area contributed by atoms with Crippen LogP contribution in [0.1, 0.15) is 10.4 Å². The summed E-state index contributed by atoms with van der Waals surface area (Å²) in [5.74, 6) is -1.12. The Morgan fingerprint density at radius 1 is 1.32 bits per heavy atom. The maximum absolute atomic E-state index is 12.8. The molecule has 118 valence electrons. The van der Waals surface area contributed by atoms with Crippen molar-refractivity contribution in [3.05, 3.63) is 29.8 Å². The maximum Gasteiger partial charge on any atom is 0.339 e. The number of rotatable bonds is 3. The van der Waals surface area contributed by atoms with Crippen LogP contribution in [0.5, 0.6) is 0 Å². The monoisotopic (exact) mass is 324 g/mol. The van der Waals surface area contributed by atoms with Crippen LogP contribution in [0.4, 0.5) is 0 Å². The molecular weight excluding hydrogens is 308 g/mol. The number of amides is 1. The molecule has 7 nitrogen and oxygen atoms in total. The quantitative estimate of drug-likeness (QED) is 0.780. The van der Waals surface area contributed by atoms with Gasteiger partial charge < -0.3 is 10.1 Å². The molecule has 2 aliphatic heterocycles. The van der Waals surface area contributed by atoms with E-state index in [0.29, 0.717) is 6.54 Å². The summed E-state index contributed by atoms with van der Waals surface area (Å²) in [6.07, 6.45) is 0. The standard InChI is InChI=1S/C14H16N2O5S/c1-21-14(18)10-4-2-3-5-12(10)22(19,20)16-7-9-6-15-13(17)11(9)8-16/h2-5,9,11H,6-8H2,1H3,(H,15,17)/t9-,11+/m0/s1. The van der Waals surface area contributed by atoms with E-state index >= 15 is 0 Å². The van der Waals surface area contributed by atoms with Gasteiger partial charge >= 0.3 is 5.97 Å². The van der Waals surface area contributed by atoms with E-state index in [0.717, 1.165) is 0 Å². The fourth-order valence-electron chi connectivity index (χ4n) is 3.00. The summed E-state index contributed by atoms with van der Waals surface area (Å²) in [5, 5.41) is 2.74. The van der Waals surface area contributed by atoms with Crippen molar-refractivity contribution in [3.63, 3.8) is 0 Å². The van der Waals surface area contributed by atoms with Gasteiger partial charge in [-0.2, -0.15) is 4.31 Å². The molecule has 3 rings (SSSR count). The van der Waals surface area contributed by atoms with Crippen LogP contribution < -0.4 is 5.32 Å². The normalized spacial score (nSPS) is 24.9. The second-order valence-corrected chi connectivity index (χ2v) is 7.33. The van der Waals surface area contributed by atoms with Crippen LogP contribution in [0.3, 0.4) is 0 Å². The van der Waals surface area contributed by atoms with E-state index in [1.807, 2.05) is 0 Å². The zero-order chi connectivity index (χ0) is 15.9. The Balaban J connectivity index is 1.95. The molecular formula is C14H16N2O5S. The fourth-order valence-corrected chi connectivity index (χ4v) is 4.71. The smallest absolute Gasteiger partial charge is 0.339 e. The minimum atomic E-state index is -3.84. The molecule has 1 N–H and O–H groups in total. The van der Waals surface area contributed by atoms with Gasteiger partial charge in [0, 0.05) is 25.6 Å². The predicted molar refractivity (Wildman–Crippen MR) is 76.5 cm³/mol. The molecule has 0 radical (unpaired) electrons. The van der Waals surface area contributed by atoms with E-state index in [4.69, 9.17) is 0 Å². The SMILES string of the molecule is COC(=O)c1ccccc1S(=O)(=O)N1C[C@@H]2CNC(=O)[C@@H]2C1. The van der Waals surface area contributed by atoms with Gasteiger partial charge in [0.15, 0.2) is 0 Å². The molecule has 1 aromatic carbocycles. The summed E-state index contributed by atoms with van der Waals surface area (Å²) in [6.45, 7) is 0.920. The zero-order valence-corrected chi connectivity index (χ0v) is 12.8. The molecule has 0 aromatic heterocycles. The molecule has 0 bridgehead atoms. The first kappa shape index (κ1) is 15.0. The minimum Gasteiger partial charge on any atom is -0.465 e. The summed E-state index contributed by atoms with van der Waals surface area (Å²) < 4.78 is 31.5. The van der Waals surface area contributed by atoms with Crippen molar-refractivity contribution in [2.24, 2.45) is 11.8 Å². The summed E-state index contributed by atoms with van der Waals surface area (Å²) in [4.78, 5) is 23.4. The van der Waals surface area contributed by atoms with Crippen molar-refractivity contribution >= 4 is 21.9 Å². The Kier molecular flexibility index (Phi) is 3.65. The average molecular weight is 324 g/mol. The van der Waals surface area contributed by atoms with Crippen LogP contribution in [-0.4, -0.2) is 51.3 Å². The third-order valence-corrected chi connectivity index (χ3v) is 6.08. The number of hydrogen-bond donors (Lipinski definition) is 1. The first-order valence-corrected chi connectivity index (χ1v) is 8.34. The number of esters is 1. The van der Waals surface area contributed by atoms with Crippen molar-refractivity contribution in [3.8, 4) is 0 Å². The molecule has 2 saturated heterocycles. The lowest BCUT2D eigenvalue weighted by atomic mass is 10.0. The predicted octanol–water partition coefficient (Wildman–Crippen LogP) is -0.160. The zero-order valence-electron chi connectivity index (χ0n) is 12.0. The van der Waals surface area contributed by atoms with E-state index in [1.54, 1.807) is 12.1 Å². The Bertz CT molecular complexity index is 731. The van der Waals surface area contributed by atoms with Crippen molar-refractivity contribution in [2.45, 2.75) is 4.90 Å². The Morgan fingerprint density at radius 2 is 2.05 bits per heavy atom. The first-order valence-electron chi connectivity index (χ1n) is 6.90. The first-order chi connectivity index (χ1) is 10.4. The number of fused-ring (bicyclic) bond motifs is 1. The summed E-state index contributed by atoms with van der Waals surface area (Å²) >= 11 is 0. The number of methoxy groups -OCH3 is 1. The number of nitrogens with zero attached hydrogens (tertiary/aromatic N) is 1. The molecule has 0 unspecified atom stereocenters. The molecule has 0 saturated carbocycles. The van der Waals surface area contributed by atoms with Gasteiger partial charge in [-0.15, -0.1) is 0 Å². The number of carbonyl (C=O) groups excluding carboxylic acids is 2. The molecule has 1 aromatic rings. The van der Waals surface area contributed by atoms with Crippen LogP contribution in [-0.2, 0) is 19.6 Å². The van der Waals surface area contributed by atoms with Crippen molar-refractivity contribution in [1.29, 1.82) is 0 Å². The Labute approximate surface area is 128 Å². The third-order valence-electron chi connectivity index (χ3n) is 4.19. The highest BCUT2D eigenvalue weighted by molar-refractivity contribution is 7.89. The number of sulfonamides is 1. The molecule has 2 heterocycles. The topological polar surface area (TPSA) is 92.8 Å². The number of nitrogens with one attached hydrogen (secondary N) is 1. The van der Waals surface area contributed by atoms with Gasteiger partial charge in [0.05, 0.1) is 23.5 Å². The third kappa shape index (κ3) is 2.28. The molecule has 2 fully saturated rings. The van der Waals surface area contributed by atoms with E-state index in [9.17, 15) is 18.0 Å². The lowest BCUT2D eigenvalue weighted by molar-refractivity contribution is -0.122. The van der Waals surface area contributed by atoms with Crippen molar-refractivity contribution < 1.29 is 22.7 Å².